The second kappa shape index (κ2) is 6.25. The summed E-state index contributed by atoms with van der Waals surface area (Å²) >= 11 is 0. The number of aromatic amines is 1. The van der Waals surface area contributed by atoms with Crippen molar-refractivity contribution in [3.05, 3.63) is 11.8 Å². The average Bonchev–Trinajstić information content (AvgIpc) is 2.86. The third-order valence-corrected chi connectivity index (χ3v) is 4.95. The summed E-state index contributed by atoms with van der Waals surface area (Å²) in [5.74, 6) is 0.375. The summed E-state index contributed by atoms with van der Waals surface area (Å²) < 4.78 is 33.1. The van der Waals surface area contributed by atoms with Crippen LogP contribution in [-0.4, -0.2) is 49.3 Å². The molecular weight excluding hydrogens is 284 g/mol. The van der Waals surface area contributed by atoms with Gasteiger partial charge in [-0.25, -0.2) is 18.3 Å². The zero-order valence-corrected chi connectivity index (χ0v) is 12.1. The van der Waals surface area contributed by atoms with Crippen LogP contribution >= 0.6 is 0 Å². The SMILES string of the molecule is CCOC(=O)c1cn[nH]c1OCC1CCS(=O)(=O)CC1. The lowest BCUT2D eigenvalue weighted by Crippen LogP contribution is -2.27. The van der Waals surface area contributed by atoms with Gasteiger partial charge in [-0.2, -0.15) is 5.10 Å². The summed E-state index contributed by atoms with van der Waals surface area (Å²) in [5, 5.41) is 6.38. The number of hydrogen-bond donors (Lipinski definition) is 1. The lowest BCUT2D eigenvalue weighted by atomic mass is 10.0. The van der Waals surface area contributed by atoms with Crippen LogP contribution in [0.25, 0.3) is 0 Å². The molecule has 1 aromatic heterocycles. The maximum Gasteiger partial charge on any atom is 0.345 e. The highest BCUT2D eigenvalue weighted by Crippen LogP contribution is 2.21. The van der Waals surface area contributed by atoms with E-state index >= 15 is 0 Å². The van der Waals surface area contributed by atoms with E-state index in [1.54, 1.807) is 6.92 Å². The van der Waals surface area contributed by atoms with E-state index < -0.39 is 15.8 Å². The van der Waals surface area contributed by atoms with Gasteiger partial charge in [0.15, 0.2) is 0 Å². The molecule has 7 nitrogen and oxygen atoms in total. The van der Waals surface area contributed by atoms with Crippen molar-refractivity contribution in [1.29, 1.82) is 0 Å². The van der Waals surface area contributed by atoms with Crippen LogP contribution < -0.4 is 4.74 Å². The first-order valence-electron chi connectivity index (χ1n) is 6.55. The topological polar surface area (TPSA) is 98.3 Å². The first-order chi connectivity index (χ1) is 9.52. The van der Waals surface area contributed by atoms with Gasteiger partial charge in [-0.15, -0.1) is 0 Å². The summed E-state index contributed by atoms with van der Waals surface area (Å²) in [6.45, 7) is 2.37. The van der Waals surface area contributed by atoms with Crippen LogP contribution in [0, 0.1) is 5.92 Å². The number of H-pyrrole nitrogens is 1. The van der Waals surface area contributed by atoms with Gasteiger partial charge in [-0.3, -0.25) is 0 Å². The molecule has 8 heteroatoms. The molecule has 0 spiro atoms. The molecule has 112 valence electrons. The molecule has 0 atom stereocenters. The zero-order valence-electron chi connectivity index (χ0n) is 11.3. The molecule has 1 fully saturated rings. The van der Waals surface area contributed by atoms with E-state index in [0.29, 0.717) is 19.4 Å². The zero-order chi connectivity index (χ0) is 14.6. The van der Waals surface area contributed by atoms with E-state index in [2.05, 4.69) is 10.2 Å². The summed E-state index contributed by atoms with van der Waals surface area (Å²) in [6, 6.07) is 0. The molecule has 0 amide bonds. The standard InChI is InChI=1S/C12H18N2O5S/c1-2-18-12(15)10-7-13-14-11(10)19-8-9-3-5-20(16,17)6-4-9/h7,9H,2-6,8H2,1H3,(H,13,14). The van der Waals surface area contributed by atoms with Crippen molar-refractivity contribution in [3.63, 3.8) is 0 Å². The Labute approximate surface area is 117 Å². The van der Waals surface area contributed by atoms with Gasteiger partial charge in [0, 0.05) is 0 Å². The third-order valence-electron chi connectivity index (χ3n) is 3.24. The van der Waals surface area contributed by atoms with Crippen molar-refractivity contribution >= 4 is 15.8 Å². The fourth-order valence-corrected chi connectivity index (χ4v) is 3.63. The highest BCUT2D eigenvalue weighted by Gasteiger charge is 2.25. The molecule has 0 saturated carbocycles. The van der Waals surface area contributed by atoms with Crippen molar-refractivity contribution in [2.75, 3.05) is 24.7 Å². The van der Waals surface area contributed by atoms with Gasteiger partial charge in [-0.05, 0) is 25.7 Å². The molecule has 20 heavy (non-hydrogen) atoms. The fraction of sp³-hybridized carbons (Fsp3) is 0.667. The smallest absolute Gasteiger partial charge is 0.345 e. The maximum atomic E-state index is 11.6. The Balaban J connectivity index is 1.89. The Bertz CT molecular complexity index is 552. The van der Waals surface area contributed by atoms with Gasteiger partial charge in [-0.1, -0.05) is 0 Å². The first-order valence-corrected chi connectivity index (χ1v) is 8.37. The number of carbonyl (C=O) groups is 1. The highest BCUT2D eigenvalue weighted by molar-refractivity contribution is 7.91. The number of esters is 1. The van der Waals surface area contributed by atoms with Gasteiger partial charge in [0.1, 0.15) is 15.4 Å². The monoisotopic (exact) mass is 302 g/mol. The van der Waals surface area contributed by atoms with Crippen molar-refractivity contribution in [3.8, 4) is 5.88 Å². The molecule has 0 bridgehead atoms. The molecule has 0 unspecified atom stereocenters. The lowest BCUT2D eigenvalue weighted by Gasteiger charge is -2.21. The summed E-state index contributed by atoms with van der Waals surface area (Å²) in [6.07, 6.45) is 2.54. The molecule has 1 aromatic rings. The Kier molecular flexibility index (Phi) is 4.64. The van der Waals surface area contributed by atoms with Gasteiger partial charge in [0.25, 0.3) is 0 Å². The number of nitrogens with zero attached hydrogens (tertiary/aromatic N) is 1. The van der Waals surface area contributed by atoms with E-state index in [1.807, 2.05) is 0 Å². The normalized spacial score (nSPS) is 18.6. The molecule has 0 aliphatic carbocycles. The van der Waals surface area contributed by atoms with Crippen molar-refractivity contribution in [1.82, 2.24) is 10.2 Å². The minimum absolute atomic E-state index is 0.178. The van der Waals surface area contributed by atoms with Crippen LogP contribution in [-0.2, 0) is 14.6 Å². The summed E-state index contributed by atoms with van der Waals surface area (Å²) in [4.78, 5) is 11.6. The molecule has 1 saturated heterocycles. The molecule has 0 radical (unpaired) electrons. The summed E-state index contributed by atoms with van der Waals surface area (Å²) in [7, 11) is -2.87. The quantitative estimate of drug-likeness (QED) is 0.807. The highest BCUT2D eigenvalue weighted by atomic mass is 32.2. The molecule has 2 rings (SSSR count). The largest absolute Gasteiger partial charge is 0.477 e. The molecule has 1 N–H and O–H groups in total. The second-order valence-electron chi connectivity index (χ2n) is 4.74. The van der Waals surface area contributed by atoms with Crippen LogP contribution in [0.4, 0.5) is 0 Å². The van der Waals surface area contributed by atoms with Gasteiger partial charge < -0.3 is 9.47 Å². The number of nitrogens with one attached hydrogen (secondary N) is 1. The third kappa shape index (κ3) is 3.72. The Morgan fingerprint density at radius 2 is 2.15 bits per heavy atom. The predicted octanol–water partition coefficient (Wildman–Crippen LogP) is 0.790. The first kappa shape index (κ1) is 14.8. The Morgan fingerprint density at radius 1 is 1.45 bits per heavy atom. The van der Waals surface area contributed by atoms with Crippen LogP contribution in [0.1, 0.15) is 30.1 Å². The minimum Gasteiger partial charge on any atom is -0.477 e. The second-order valence-corrected chi connectivity index (χ2v) is 7.04. The lowest BCUT2D eigenvalue weighted by molar-refractivity contribution is 0.0520. The summed E-state index contributed by atoms with van der Waals surface area (Å²) in [5.41, 5.74) is 0.260. The van der Waals surface area contributed by atoms with Crippen molar-refractivity contribution < 1.29 is 22.7 Å². The van der Waals surface area contributed by atoms with Gasteiger partial charge in [0.05, 0.1) is 30.9 Å². The van der Waals surface area contributed by atoms with Crippen LogP contribution in [0.3, 0.4) is 0 Å². The van der Waals surface area contributed by atoms with Gasteiger partial charge >= 0.3 is 5.97 Å². The number of carbonyl (C=O) groups excluding carboxylic acids is 1. The van der Waals surface area contributed by atoms with Crippen molar-refractivity contribution in [2.45, 2.75) is 19.8 Å². The fourth-order valence-electron chi connectivity index (χ4n) is 2.05. The number of aromatic nitrogens is 2. The van der Waals surface area contributed by atoms with E-state index in [1.165, 1.54) is 6.20 Å². The van der Waals surface area contributed by atoms with Crippen LogP contribution in [0.2, 0.25) is 0 Å². The van der Waals surface area contributed by atoms with E-state index in [9.17, 15) is 13.2 Å². The van der Waals surface area contributed by atoms with E-state index in [0.717, 1.165) is 0 Å². The van der Waals surface area contributed by atoms with Crippen molar-refractivity contribution in [2.24, 2.45) is 5.92 Å². The predicted molar refractivity (Wildman–Crippen MR) is 71.4 cm³/mol. The molecule has 1 aliphatic heterocycles. The number of sulfone groups is 1. The van der Waals surface area contributed by atoms with Crippen LogP contribution in [0.5, 0.6) is 5.88 Å². The minimum atomic E-state index is -2.87. The number of ether oxygens (including phenoxy) is 2. The number of hydrogen-bond acceptors (Lipinski definition) is 6. The van der Waals surface area contributed by atoms with Gasteiger partial charge in [0.2, 0.25) is 5.88 Å². The molecule has 0 aromatic carbocycles. The molecule has 1 aliphatic rings. The number of rotatable bonds is 5. The molecular formula is C12H18N2O5S. The van der Waals surface area contributed by atoms with E-state index in [4.69, 9.17) is 9.47 Å². The van der Waals surface area contributed by atoms with E-state index in [-0.39, 0.29) is 35.5 Å². The Morgan fingerprint density at radius 3 is 2.80 bits per heavy atom. The Hall–Kier alpha value is -1.57. The average molecular weight is 302 g/mol. The molecule has 2 heterocycles. The maximum absolute atomic E-state index is 11.6. The van der Waals surface area contributed by atoms with Crippen LogP contribution in [0.15, 0.2) is 6.20 Å².